The molecule has 202 valence electrons. The lowest BCUT2D eigenvalue weighted by Crippen LogP contribution is -2.32. The third-order valence-electron chi connectivity index (χ3n) is 6.01. The third-order valence-corrected chi connectivity index (χ3v) is 7.41. The van der Waals surface area contributed by atoms with Crippen LogP contribution in [0.5, 0.6) is 11.5 Å². The van der Waals surface area contributed by atoms with Crippen LogP contribution in [0.3, 0.4) is 0 Å². The fourth-order valence-electron chi connectivity index (χ4n) is 4.01. The molecule has 0 saturated carbocycles. The van der Waals surface area contributed by atoms with Gasteiger partial charge in [-0.05, 0) is 71.6 Å². The van der Waals surface area contributed by atoms with Gasteiger partial charge in [-0.1, -0.05) is 54.0 Å². The van der Waals surface area contributed by atoms with Crippen LogP contribution in [0.25, 0.3) is 6.08 Å². The second-order valence-electron chi connectivity index (χ2n) is 9.28. The summed E-state index contributed by atoms with van der Waals surface area (Å²) >= 11 is 4.30. The van der Waals surface area contributed by atoms with E-state index in [4.69, 9.17) is 9.47 Å². The molecule has 1 fully saturated rings. The predicted octanol–water partition coefficient (Wildman–Crippen LogP) is 7.48. The van der Waals surface area contributed by atoms with Gasteiger partial charge in [0.05, 0.1) is 16.4 Å². The lowest BCUT2D eigenvalue weighted by atomic mass is 10.0. The first-order valence-corrected chi connectivity index (χ1v) is 13.9. The standard InChI is InChI=1S/C29H27BrN2O6S/c1-18(2)24-9-7-19(3)13-26(24)37-12-11-31-28(33)27(39-29(31)34)16-21-15-22(30)8-10-25(21)38-17-20-5-4-6-23(14-20)32(35)36/h4-10,13-16,18H,11-12,17H2,1-3H3/b27-16-. The topological polar surface area (TPSA) is 99.0 Å². The molecule has 0 spiro atoms. The van der Waals surface area contributed by atoms with E-state index in [2.05, 4.69) is 29.8 Å². The number of ether oxygens (including phenoxy) is 2. The zero-order valence-electron chi connectivity index (χ0n) is 21.7. The summed E-state index contributed by atoms with van der Waals surface area (Å²) in [5.74, 6) is 1.11. The number of carbonyl (C=O) groups is 2. The van der Waals surface area contributed by atoms with Crippen molar-refractivity contribution >= 4 is 50.6 Å². The van der Waals surface area contributed by atoms with E-state index in [1.54, 1.807) is 36.4 Å². The Morgan fingerprint density at radius 3 is 2.59 bits per heavy atom. The molecule has 0 atom stereocenters. The smallest absolute Gasteiger partial charge is 0.293 e. The van der Waals surface area contributed by atoms with Crippen molar-refractivity contribution in [1.82, 2.24) is 4.90 Å². The molecule has 2 amide bonds. The van der Waals surface area contributed by atoms with Gasteiger partial charge < -0.3 is 9.47 Å². The summed E-state index contributed by atoms with van der Waals surface area (Å²) in [5, 5.41) is 10.7. The van der Waals surface area contributed by atoms with Crippen LogP contribution in [0.15, 0.2) is 70.0 Å². The highest BCUT2D eigenvalue weighted by Gasteiger charge is 2.35. The van der Waals surface area contributed by atoms with Gasteiger partial charge in [-0.15, -0.1) is 0 Å². The molecule has 1 aliphatic heterocycles. The summed E-state index contributed by atoms with van der Waals surface area (Å²) in [6.07, 6.45) is 1.62. The first-order valence-electron chi connectivity index (χ1n) is 12.3. The number of aryl methyl sites for hydroxylation is 1. The second kappa shape index (κ2) is 12.5. The number of imide groups is 1. The summed E-state index contributed by atoms with van der Waals surface area (Å²) in [6.45, 7) is 6.57. The normalized spacial score (nSPS) is 14.4. The Morgan fingerprint density at radius 2 is 1.85 bits per heavy atom. The number of halogens is 1. The highest BCUT2D eigenvalue weighted by atomic mass is 79.9. The fraction of sp³-hybridized carbons (Fsp3) is 0.241. The van der Waals surface area contributed by atoms with E-state index in [0.29, 0.717) is 16.9 Å². The SMILES string of the molecule is Cc1ccc(C(C)C)c(OCCN2C(=O)S/C(=C\c3cc(Br)ccc3OCc3cccc([N+](=O)[O-])c3)C2=O)c1. The summed E-state index contributed by atoms with van der Waals surface area (Å²) < 4.78 is 12.7. The Kier molecular flexibility index (Phi) is 9.08. The minimum Gasteiger partial charge on any atom is -0.491 e. The van der Waals surface area contributed by atoms with Crippen molar-refractivity contribution in [2.24, 2.45) is 0 Å². The average molecular weight is 612 g/mol. The van der Waals surface area contributed by atoms with Crippen LogP contribution in [0.4, 0.5) is 10.5 Å². The molecule has 3 aromatic carbocycles. The minimum absolute atomic E-state index is 0.0207. The van der Waals surface area contributed by atoms with E-state index in [1.165, 1.54) is 17.0 Å². The molecule has 0 N–H and O–H groups in total. The van der Waals surface area contributed by atoms with E-state index in [-0.39, 0.29) is 41.5 Å². The van der Waals surface area contributed by atoms with Gasteiger partial charge in [0.1, 0.15) is 24.7 Å². The van der Waals surface area contributed by atoms with E-state index < -0.39 is 10.8 Å². The zero-order chi connectivity index (χ0) is 28.1. The molecule has 4 rings (SSSR count). The van der Waals surface area contributed by atoms with E-state index >= 15 is 0 Å². The highest BCUT2D eigenvalue weighted by Crippen LogP contribution is 2.35. The molecule has 10 heteroatoms. The number of nitro benzene ring substituents is 1. The van der Waals surface area contributed by atoms with Crippen LogP contribution in [0.2, 0.25) is 0 Å². The molecule has 0 aliphatic carbocycles. The Labute approximate surface area is 239 Å². The van der Waals surface area contributed by atoms with Crippen LogP contribution in [0, 0.1) is 17.0 Å². The maximum atomic E-state index is 13.1. The molecular weight excluding hydrogens is 584 g/mol. The molecule has 39 heavy (non-hydrogen) atoms. The molecule has 1 saturated heterocycles. The summed E-state index contributed by atoms with van der Waals surface area (Å²) in [4.78, 5) is 37.9. The van der Waals surface area contributed by atoms with Gasteiger partial charge in [-0.2, -0.15) is 0 Å². The quantitative estimate of drug-likeness (QED) is 0.133. The molecule has 0 radical (unpaired) electrons. The van der Waals surface area contributed by atoms with Gasteiger partial charge in [-0.25, -0.2) is 0 Å². The molecule has 0 aromatic heterocycles. The van der Waals surface area contributed by atoms with Crippen molar-refractivity contribution in [3.63, 3.8) is 0 Å². The Balaban J connectivity index is 1.46. The van der Waals surface area contributed by atoms with Crippen molar-refractivity contribution in [1.29, 1.82) is 0 Å². The van der Waals surface area contributed by atoms with Crippen molar-refractivity contribution < 1.29 is 24.0 Å². The maximum Gasteiger partial charge on any atom is 0.293 e. The number of non-ortho nitro benzene ring substituents is 1. The molecule has 0 bridgehead atoms. The molecule has 1 heterocycles. The molecule has 8 nitrogen and oxygen atoms in total. The van der Waals surface area contributed by atoms with Crippen LogP contribution in [-0.2, 0) is 11.4 Å². The van der Waals surface area contributed by atoms with E-state index in [1.807, 2.05) is 25.1 Å². The number of nitro groups is 1. The van der Waals surface area contributed by atoms with Crippen LogP contribution in [0.1, 0.15) is 42.0 Å². The number of rotatable bonds is 10. The highest BCUT2D eigenvalue weighted by molar-refractivity contribution is 9.10. The lowest BCUT2D eigenvalue weighted by Gasteiger charge is -2.17. The predicted molar refractivity (Wildman–Crippen MR) is 155 cm³/mol. The van der Waals surface area contributed by atoms with Gasteiger partial charge >= 0.3 is 0 Å². The number of nitrogens with zero attached hydrogens (tertiary/aromatic N) is 2. The largest absolute Gasteiger partial charge is 0.491 e. The van der Waals surface area contributed by atoms with Crippen molar-refractivity contribution in [3.05, 3.63) is 102 Å². The van der Waals surface area contributed by atoms with Gasteiger partial charge in [0.25, 0.3) is 16.8 Å². The van der Waals surface area contributed by atoms with Gasteiger partial charge in [0.2, 0.25) is 0 Å². The third kappa shape index (κ3) is 7.07. The number of hydrogen-bond donors (Lipinski definition) is 0. The summed E-state index contributed by atoms with van der Waals surface area (Å²) in [7, 11) is 0. The lowest BCUT2D eigenvalue weighted by molar-refractivity contribution is -0.384. The number of benzene rings is 3. The van der Waals surface area contributed by atoms with Gasteiger partial charge in [0.15, 0.2) is 0 Å². The van der Waals surface area contributed by atoms with Crippen LogP contribution >= 0.6 is 27.7 Å². The Hall–Kier alpha value is -3.63. The monoisotopic (exact) mass is 610 g/mol. The van der Waals surface area contributed by atoms with Crippen molar-refractivity contribution in [2.75, 3.05) is 13.2 Å². The Morgan fingerprint density at radius 1 is 1.05 bits per heavy atom. The summed E-state index contributed by atoms with van der Waals surface area (Å²) in [5.41, 5.74) is 3.35. The fourth-order valence-corrected chi connectivity index (χ4v) is 5.24. The summed E-state index contributed by atoms with van der Waals surface area (Å²) in [6, 6.07) is 17.5. The van der Waals surface area contributed by atoms with E-state index in [9.17, 15) is 19.7 Å². The minimum atomic E-state index is -0.458. The van der Waals surface area contributed by atoms with Crippen molar-refractivity contribution in [2.45, 2.75) is 33.3 Å². The molecule has 3 aromatic rings. The van der Waals surface area contributed by atoms with Crippen molar-refractivity contribution in [3.8, 4) is 11.5 Å². The number of amides is 2. The maximum absolute atomic E-state index is 13.1. The number of carbonyl (C=O) groups excluding carboxylic acids is 2. The van der Waals surface area contributed by atoms with Gasteiger partial charge in [0, 0.05) is 22.2 Å². The number of hydrogen-bond acceptors (Lipinski definition) is 7. The first-order chi connectivity index (χ1) is 18.6. The first kappa shape index (κ1) is 28.4. The second-order valence-corrected chi connectivity index (χ2v) is 11.2. The zero-order valence-corrected chi connectivity index (χ0v) is 24.1. The molecule has 0 unspecified atom stereocenters. The van der Waals surface area contributed by atoms with Crippen LogP contribution in [-0.4, -0.2) is 34.1 Å². The van der Waals surface area contributed by atoms with Gasteiger partial charge in [-0.3, -0.25) is 24.6 Å². The molecule has 1 aliphatic rings. The van der Waals surface area contributed by atoms with Crippen LogP contribution < -0.4 is 9.47 Å². The van der Waals surface area contributed by atoms with E-state index in [0.717, 1.165) is 33.1 Å². The Bertz CT molecular complexity index is 1460. The molecular formula is C29H27BrN2O6S. The average Bonchev–Trinajstić information content (AvgIpc) is 3.15. The number of thioether (sulfide) groups is 1.